The molecule has 0 saturated carbocycles. The van der Waals surface area contributed by atoms with Crippen molar-refractivity contribution in [2.45, 2.75) is 13.8 Å². The Morgan fingerprint density at radius 1 is 0.929 bits per heavy atom. The Balaban J connectivity index is 1.80. The molecule has 0 aliphatic rings. The molecule has 3 N–H and O–H groups in total. The highest BCUT2D eigenvalue weighted by Gasteiger charge is 2.07. The minimum atomic E-state index is -0.175. The van der Waals surface area contributed by atoms with Crippen molar-refractivity contribution >= 4 is 28.9 Å². The lowest BCUT2D eigenvalue weighted by atomic mass is 10.2. The van der Waals surface area contributed by atoms with Gasteiger partial charge in [-0.3, -0.25) is 9.59 Å². The van der Waals surface area contributed by atoms with Gasteiger partial charge in [0, 0.05) is 36.2 Å². The van der Waals surface area contributed by atoms with Crippen molar-refractivity contribution in [3.8, 4) is 5.75 Å². The fourth-order valence-electron chi connectivity index (χ4n) is 2.25. The van der Waals surface area contributed by atoms with Gasteiger partial charge in [0.15, 0.2) is 0 Å². The largest absolute Gasteiger partial charge is 0.491 e. The Labute approximate surface area is 165 Å². The van der Waals surface area contributed by atoms with Gasteiger partial charge in [0.25, 0.3) is 0 Å². The number of anilines is 3. The van der Waals surface area contributed by atoms with Crippen LogP contribution in [-0.2, 0) is 14.3 Å². The van der Waals surface area contributed by atoms with Gasteiger partial charge in [0.2, 0.25) is 11.8 Å². The molecule has 0 fully saturated rings. The van der Waals surface area contributed by atoms with Crippen LogP contribution in [0.1, 0.15) is 13.8 Å². The highest BCUT2D eigenvalue weighted by atomic mass is 16.5. The topological polar surface area (TPSA) is 88.7 Å². The van der Waals surface area contributed by atoms with E-state index in [-0.39, 0.29) is 24.3 Å². The van der Waals surface area contributed by atoms with Gasteiger partial charge in [0.05, 0.1) is 13.2 Å². The minimum absolute atomic E-state index is 0.0338. The molecule has 0 aromatic heterocycles. The lowest BCUT2D eigenvalue weighted by molar-refractivity contribution is -0.119. The van der Waals surface area contributed by atoms with E-state index in [4.69, 9.17) is 9.47 Å². The molecule has 0 atom stereocenters. The maximum atomic E-state index is 12.2. The smallest absolute Gasteiger partial charge is 0.243 e. The number of carbonyl (C=O) groups is 2. The van der Waals surface area contributed by atoms with Crippen LogP contribution in [0.4, 0.5) is 17.1 Å². The van der Waals surface area contributed by atoms with E-state index in [1.807, 2.05) is 38.1 Å². The fourth-order valence-corrected chi connectivity index (χ4v) is 2.25. The van der Waals surface area contributed by atoms with Gasteiger partial charge in [-0.2, -0.15) is 0 Å². The van der Waals surface area contributed by atoms with Gasteiger partial charge in [-0.1, -0.05) is 19.9 Å². The molecule has 0 bridgehead atoms. The molecule has 2 rings (SSSR count). The van der Waals surface area contributed by atoms with E-state index in [0.717, 1.165) is 11.4 Å². The van der Waals surface area contributed by atoms with E-state index in [1.54, 1.807) is 31.4 Å². The standard InChI is InChI=1S/C21H27N3O4/c1-15(2)21(26)24-17-9-7-16(8-10-17)22-14-20(25)23-18-5-4-6-19(13-18)28-12-11-27-3/h4-10,13,15,22H,11-12,14H2,1-3H3,(H,23,25)(H,24,26). The Kier molecular flexibility index (Phi) is 8.30. The predicted molar refractivity (Wildman–Crippen MR) is 111 cm³/mol. The van der Waals surface area contributed by atoms with Crippen LogP contribution in [0.3, 0.4) is 0 Å². The number of ether oxygens (including phenoxy) is 2. The predicted octanol–water partition coefficient (Wildman–Crippen LogP) is 3.36. The van der Waals surface area contributed by atoms with Gasteiger partial charge in [-0.05, 0) is 36.4 Å². The zero-order valence-corrected chi connectivity index (χ0v) is 16.5. The maximum absolute atomic E-state index is 12.2. The van der Waals surface area contributed by atoms with Crippen molar-refractivity contribution in [1.29, 1.82) is 0 Å². The summed E-state index contributed by atoms with van der Waals surface area (Å²) >= 11 is 0. The third kappa shape index (κ3) is 7.28. The molecule has 150 valence electrons. The van der Waals surface area contributed by atoms with Crippen LogP contribution in [-0.4, -0.2) is 38.7 Å². The van der Waals surface area contributed by atoms with Crippen LogP contribution in [0, 0.1) is 5.92 Å². The second kappa shape index (κ2) is 10.9. The van der Waals surface area contributed by atoms with E-state index in [9.17, 15) is 9.59 Å². The molecule has 0 unspecified atom stereocenters. The number of methoxy groups -OCH3 is 1. The number of carbonyl (C=O) groups excluding carboxylic acids is 2. The molecule has 7 nitrogen and oxygen atoms in total. The molecule has 2 aromatic carbocycles. The SMILES string of the molecule is COCCOc1cccc(NC(=O)CNc2ccc(NC(=O)C(C)C)cc2)c1. The van der Waals surface area contributed by atoms with Crippen LogP contribution in [0.5, 0.6) is 5.75 Å². The number of amides is 2. The normalized spacial score (nSPS) is 10.4. The molecule has 2 aromatic rings. The molecular weight excluding hydrogens is 358 g/mol. The first-order valence-electron chi connectivity index (χ1n) is 9.14. The monoisotopic (exact) mass is 385 g/mol. The molecule has 0 aliphatic carbocycles. The van der Waals surface area contributed by atoms with Crippen molar-refractivity contribution in [2.24, 2.45) is 5.92 Å². The Morgan fingerprint density at radius 2 is 1.64 bits per heavy atom. The summed E-state index contributed by atoms with van der Waals surface area (Å²) in [5.41, 5.74) is 2.17. The van der Waals surface area contributed by atoms with Crippen molar-refractivity contribution in [2.75, 3.05) is 42.8 Å². The Bertz CT molecular complexity index is 775. The summed E-state index contributed by atoms with van der Waals surface area (Å²) in [6, 6.07) is 14.4. The summed E-state index contributed by atoms with van der Waals surface area (Å²) < 4.78 is 10.5. The molecule has 0 heterocycles. The molecule has 0 aliphatic heterocycles. The van der Waals surface area contributed by atoms with Crippen molar-refractivity contribution in [3.63, 3.8) is 0 Å². The highest BCUT2D eigenvalue weighted by molar-refractivity contribution is 5.94. The van der Waals surface area contributed by atoms with Gasteiger partial charge in [-0.15, -0.1) is 0 Å². The van der Waals surface area contributed by atoms with Crippen LogP contribution < -0.4 is 20.7 Å². The fraction of sp³-hybridized carbons (Fsp3) is 0.333. The first-order chi connectivity index (χ1) is 13.5. The number of nitrogens with one attached hydrogen (secondary N) is 3. The summed E-state index contributed by atoms with van der Waals surface area (Å²) in [6.07, 6.45) is 0. The van der Waals surface area contributed by atoms with Crippen LogP contribution >= 0.6 is 0 Å². The number of hydrogen-bond acceptors (Lipinski definition) is 5. The molecule has 0 saturated heterocycles. The van der Waals surface area contributed by atoms with E-state index >= 15 is 0 Å². The summed E-state index contributed by atoms with van der Waals surface area (Å²) in [4.78, 5) is 23.8. The summed E-state index contributed by atoms with van der Waals surface area (Å²) in [5.74, 6) is 0.381. The lowest BCUT2D eigenvalue weighted by Gasteiger charge is -2.11. The molecule has 0 spiro atoms. The first kappa shape index (κ1) is 21.2. The Hall–Kier alpha value is -3.06. The Morgan fingerprint density at radius 3 is 2.32 bits per heavy atom. The average molecular weight is 385 g/mol. The van der Waals surface area contributed by atoms with E-state index < -0.39 is 0 Å². The van der Waals surface area contributed by atoms with Crippen molar-refractivity contribution < 1.29 is 19.1 Å². The van der Waals surface area contributed by atoms with E-state index in [1.165, 1.54) is 0 Å². The summed E-state index contributed by atoms with van der Waals surface area (Å²) in [6.45, 7) is 4.74. The average Bonchev–Trinajstić information content (AvgIpc) is 2.68. The number of hydrogen-bond donors (Lipinski definition) is 3. The first-order valence-corrected chi connectivity index (χ1v) is 9.14. The molecular formula is C21H27N3O4. The zero-order chi connectivity index (χ0) is 20.4. The van der Waals surface area contributed by atoms with Gasteiger partial charge in [-0.25, -0.2) is 0 Å². The maximum Gasteiger partial charge on any atom is 0.243 e. The third-order valence-electron chi connectivity index (χ3n) is 3.80. The van der Waals surface area contributed by atoms with Gasteiger partial charge < -0.3 is 25.4 Å². The highest BCUT2D eigenvalue weighted by Crippen LogP contribution is 2.18. The third-order valence-corrected chi connectivity index (χ3v) is 3.80. The van der Waals surface area contributed by atoms with Crippen molar-refractivity contribution in [3.05, 3.63) is 48.5 Å². The number of rotatable bonds is 10. The molecule has 28 heavy (non-hydrogen) atoms. The number of benzene rings is 2. The van der Waals surface area contributed by atoms with Crippen molar-refractivity contribution in [1.82, 2.24) is 0 Å². The quantitative estimate of drug-likeness (QED) is 0.546. The van der Waals surface area contributed by atoms with Crippen LogP contribution in [0.25, 0.3) is 0 Å². The zero-order valence-electron chi connectivity index (χ0n) is 16.5. The van der Waals surface area contributed by atoms with E-state index in [2.05, 4.69) is 16.0 Å². The minimum Gasteiger partial charge on any atom is -0.491 e. The van der Waals surface area contributed by atoms with E-state index in [0.29, 0.717) is 24.7 Å². The lowest BCUT2D eigenvalue weighted by Crippen LogP contribution is -2.21. The van der Waals surface area contributed by atoms with Gasteiger partial charge >= 0.3 is 0 Å². The second-order valence-electron chi connectivity index (χ2n) is 6.49. The summed E-state index contributed by atoms with van der Waals surface area (Å²) in [7, 11) is 1.61. The van der Waals surface area contributed by atoms with Crippen LogP contribution in [0.15, 0.2) is 48.5 Å². The molecule has 2 amide bonds. The van der Waals surface area contributed by atoms with Crippen LogP contribution in [0.2, 0.25) is 0 Å². The molecule has 7 heteroatoms. The molecule has 0 radical (unpaired) electrons. The second-order valence-corrected chi connectivity index (χ2v) is 6.49. The summed E-state index contributed by atoms with van der Waals surface area (Å²) in [5, 5.41) is 8.70. The van der Waals surface area contributed by atoms with Gasteiger partial charge in [0.1, 0.15) is 12.4 Å².